The van der Waals surface area contributed by atoms with E-state index in [1.54, 1.807) is 24.3 Å². The fourth-order valence-corrected chi connectivity index (χ4v) is 2.05. The number of halogens is 1. The summed E-state index contributed by atoms with van der Waals surface area (Å²) in [5.74, 6) is 0.131. The van der Waals surface area contributed by atoms with Crippen LogP contribution in [0.25, 0.3) is 0 Å². The van der Waals surface area contributed by atoms with Crippen molar-refractivity contribution >= 4 is 17.4 Å². The maximum Gasteiger partial charge on any atom is 0.164 e. The van der Waals surface area contributed by atoms with Gasteiger partial charge in [-0.05, 0) is 44.5 Å². The maximum absolute atomic E-state index is 12.0. The number of carbonyl (C=O) groups excluding carboxylic acids is 1. The summed E-state index contributed by atoms with van der Waals surface area (Å²) >= 11 is 5.80. The molecule has 0 aliphatic heterocycles. The van der Waals surface area contributed by atoms with Gasteiger partial charge in [-0.3, -0.25) is 4.79 Å². The van der Waals surface area contributed by atoms with Crippen molar-refractivity contribution < 1.29 is 9.90 Å². The monoisotopic (exact) mass is 283 g/mol. The first-order chi connectivity index (χ1) is 9.04. The molecule has 0 aliphatic carbocycles. The van der Waals surface area contributed by atoms with Crippen molar-refractivity contribution in [3.8, 4) is 0 Å². The number of ketones is 1. The topological polar surface area (TPSA) is 40.5 Å². The summed E-state index contributed by atoms with van der Waals surface area (Å²) < 4.78 is 0. The Balaban J connectivity index is 2.49. The summed E-state index contributed by atoms with van der Waals surface area (Å²) in [6.45, 7) is 5.93. The quantitative estimate of drug-likeness (QED) is 0.746. The summed E-state index contributed by atoms with van der Waals surface area (Å²) in [7, 11) is 0. The second kappa shape index (κ2) is 8.31. The molecule has 0 saturated heterocycles. The number of Topliss-reactive ketones (excluding diaryl/α,β-unsaturated/α-hetero) is 1. The van der Waals surface area contributed by atoms with E-state index in [4.69, 9.17) is 16.7 Å². The van der Waals surface area contributed by atoms with Crippen LogP contribution < -0.4 is 0 Å². The van der Waals surface area contributed by atoms with Gasteiger partial charge in [0, 0.05) is 42.7 Å². The first kappa shape index (κ1) is 16.2. The van der Waals surface area contributed by atoms with Gasteiger partial charge in [0.25, 0.3) is 0 Å². The number of rotatable bonds is 8. The molecule has 3 nitrogen and oxygen atoms in total. The number of aliphatic hydroxyl groups excluding tert-OH is 1. The smallest absolute Gasteiger partial charge is 0.164 e. The second-order valence-corrected chi connectivity index (χ2v) is 5.32. The van der Waals surface area contributed by atoms with Crippen LogP contribution in [0.1, 0.15) is 37.0 Å². The SMILES string of the molecule is CC(C)N(CCCO)CCC(=O)c1ccc(Cl)cc1. The first-order valence-electron chi connectivity index (χ1n) is 6.68. The van der Waals surface area contributed by atoms with E-state index >= 15 is 0 Å². The molecule has 1 aromatic rings. The average molecular weight is 284 g/mol. The van der Waals surface area contributed by atoms with Gasteiger partial charge in [-0.25, -0.2) is 0 Å². The van der Waals surface area contributed by atoms with Crippen LogP contribution in [0.5, 0.6) is 0 Å². The molecule has 106 valence electrons. The molecule has 0 heterocycles. The van der Waals surface area contributed by atoms with Gasteiger partial charge in [0.1, 0.15) is 0 Å². The van der Waals surface area contributed by atoms with Gasteiger partial charge in [-0.15, -0.1) is 0 Å². The van der Waals surface area contributed by atoms with Gasteiger partial charge in [0.05, 0.1) is 0 Å². The highest BCUT2D eigenvalue weighted by molar-refractivity contribution is 6.30. The summed E-state index contributed by atoms with van der Waals surface area (Å²) in [5.41, 5.74) is 0.704. The fraction of sp³-hybridized carbons (Fsp3) is 0.533. The average Bonchev–Trinajstić information content (AvgIpc) is 2.39. The van der Waals surface area contributed by atoms with Crippen molar-refractivity contribution in [2.75, 3.05) is 19.7 Å². The lowest BCUT2D eigenvalue weighted by molar-refractivity contribution is 0.0953. The van der Waals surface area contributed by atoms with E-state index < -0.39 is 0 Å². The molecule has 0 unspecified atom stereocenters. The zero-order valence-electron chi connectivity index (χ0n) is 11.6. The molecule has 0 spiro atoms. The summed E-state index contributed by atoms with van der Waals surface area (Å²) in [6, 6.07) is 7.38. The van der Waals surface area contributed by atoms with E-state index in [9.17, 15) is 4.79 Å². The number of hydrogen-bond donors (Lipinski definition) is 1. The minimum atomic E-state index is 0.131. The standard InChI is InChI=1S/C15H22ClNO2/c1-12(2)17(9-3-11-18)10-8-15(19)13-4-6-14(16)7-5-13/h4-7,12,18H,3,8-11H2,1-2H3. The summed E-state index contributed by atoms with van der Waals surface area (Å²) in [6.07, 6.45) is 1.23. The number of nitrogens with zero attached hydrogens (tertiary/aromatic N) is 1. The van der Waals surface area contributed by atoms with E-state index in [0.717, 1.165) is 19.5 Å². The molecular formula is C15H22ClNO2. The zero-order valence-corrected chi connectivity index (χ0v) is 12.4. The van der Waals surface area contributed by atoms with Crippen molar-refractivity contribution in [3.05, 3.63) is 34.9 Å². The molecule has 0 bridgehead atoms. The number of benzene rings is 1. The van der Waals surface area contributed by atoms with Crippen LogP contribution >= 0.6 is 11.6 Å². The number of hydrogen-bond acceptors (Lipinski definition) is 3. The second-order valence-electron chi connectivity index (χ2n) is 4.89. The first-order valence-corrected chi connectivity index (χ1v) is 7.06. The van der Waals surface area contributed by atoms with Crippen LogP contribution in [0, 0.1) is 0 Å². The minimum Gasteiger partial charge on any atom is -0.396 e. The molecular weight excluding hydrogens is 262 g/mol. The Labute approximate surface area is 120 Å². The van der Waals surface area contributed by atoms with E-state index in [0.29, 0.717) is 23.0 Å². The largest absolute Gasteiger partial charge is 0.396 e. The predicted molar refractivity (Wildman–Crippen MR) is 78.8 cm³/mol. The lowest BCUT2D eigenvalue weighted by Crippen LogP contribution is -2.34. The van der Waals surface area contributed by atoms with Crippen LogP contribution in [0.2, 0.25) is 5.02 Å². The Kier molecular flexibility index (Phi) is 7.06. The molecule has 1 rings (SSSR count). The van der Waals surface area contributed by atoms with Gasteiger partial charge >= 0.3 is 0 Å². The zero-order chi connectivity index (χ0) is 14.3. The van der Waals surface area contributed by atoms with Crippen LogP contribution in [0.3, 0.4) is 0 Å². The van der Waals surface area contributed by atoms with Gasteiger partial charge in [-0.2, -0.15) is 0 Å². The van der Waals surface area contributed by atoms with Crippen LogP contribution in [0.15, 0.2) is 24.3 Å². The Morgan fingerprint density at radius 1 is 1.26 bits per heavy atom. The maximum atomic E-state index is 12.0. The normalized spacial score (nSPS) is 11.3. The third kappa shape index (κ3) is 5.72. The molecule has 0 fully saturated rings. The lowest BCUT2D eigenvalue weighted by Gasteiger charge is -2.25. The van der Waals surface area contributed by atoms with Crippen molar-refractivity contribution in [3.63, 3.8) is 0 Å². The van der Waals surface area contributed by atoms with Gasteiger partial charge in [0.15, 0.2) is 5.78 Å². The molecule has 1 N–H and O–H groups in total. The summed E-state index contributed by atoms with van der Waals surface area (Å²) in [5, 5.41) is 9.51. The van der Waals surface area contributed by atoms with E-state index in [1.165, 1.54) is 0 Å². The third-order valence-corrected chi connectivity index (χ3v) is 3.38. The van der Waals surface area contributed by atoms with Crippen molar-refractivity contribution in [2.45, 2.75) is 32.7 Å². The molecule has 1 aromatic carbocycles. The van der Waals surface area contributed by atoms with Gasteiger partial charge in [-0.1, -0.05) is 11.6 Å². The van der Waals surface area contributed by atoms with E-state index in [2.05, 4.69) is 18.7 Å². The number of carbonyl (C=O) groups is 1. The molecule has 19 heavy (non-hydrogen) atoms. The lowest BCUT2D eigenvalue weighted by atomic mass is 10.1. The van der Waals surface area contributed by atoms with Crippen LogP contribution in [-0.2, 0) is 0 Å². The molecule has 0 aliphatic rings. The Bertz CT molecular complexity index is 390. The van der Waals surface area contributed by atoms with Crippen LogP contribution in [-0.4, -0.2) is 41.5 Å². The highest BCUT2D eigenvalue weighted by Crippen LogP contribution is 2.12. The van der Waals surface area contributed by atoms with Crippen molar-refractivity contribution in [1.29, 1.82) is 0 Å². The van der Waals surface area contributed by atoms with Crippen molar-refractivity contribution in [1.82, 2.24) is 4.90 Å². The number of aliphatic hydroxyl groups is 1. The highest BCUT2D eigenvalue weighted by atomic mass is 35.5. The molecule has 0 atom stereocenters. The summed E-state index contributed by atoms with van der Waals surface area (Å²) in [4.78, 5) is 14.3. The Hall–Kier alpha value is -0.900. The van der Waals surface area contributed by atoms with Gasteiger partial charge in [0.2, 0.25) is 0 Å². The predicted octanol–water partition coefficient (Wildman–Crippen LogP) is 3.01. The third-order valence-electron chi connectivity index (χ3n) is 3.13. The minimum absolute atomic E-state index is 0.131. The molecule has 0 radical (unpaired) electrons. The molecule has 0 amide bonds. The Morgan fingerprint density at radius 3 is 2.42 bits per heavy atom. The van der Waals surface area contributed by atoms with E-state index in [-0.39, 0.29) is 12.4 Å². The van der Waals surface area contributed by atoms with Crippen molar-refractivity contribution in [2.24, 2.45) is 0 Å². The fourth-order valence-electron chi connectivity index (χ4n) is 1.93. The molecule has 0 saturated carbocycles. The van der Waals surface area contributed by atoms with Crippen LogP contribution in [0.4, 0.5) is 0 Å². The highest BCUT2D eigenvalue weighted by Gasteiger charge is 2.12. The molecule has 4 heteroatoms. The van der Waals surface area contributed by atoms with Gasteiger partial charge < -0.3 is 10.0 Å². The van der Waals surface area contributed by atoms with E-state index in [1.807, 2.05) is 0 Å². The Morgan fingerprint density at radius 2 is 1.89 bits per heavy atom. The molecule has 0 aromatic heterocycles.